The van der Waals surface area contributed by atoms with Gasteiger partial charge in [0.25, 0.3) is 0 Å². The van der Waals surface area contributed by atoms with E-state index in [-0.39, 0.29) is 6.85 Å². The minimum absolute atomic E-state index is 0.111. The van der Waals surface area contributed by atoms with Gasteiger partial charge in [-0.1, -0.05) is 152 Å². The Bertz CT molecular complexity index is 3610. The SMILES string of the molecule is c1ccc(-c2ccc3c(c2)c2cc(-c4ccccc4)cc4c2n3-c2ccccc2B4n2c3ccccc3c3ccc4c(c5ccccc5n4-c4ccccc4)c32)cc1. The molecular weight excluding hydrogens is 701 g/mol. The average Bonchev–Trinajstić information content (AvgIpc) is 3.93. The van der Waals surface area contributed by atoms with Crippen molar-refractivity contribution in [2.24, 2.45) is 0 Å². The maximum atomic E-state index is 2.69. The van der Waals surface area contributed by atoms with E-state index in [4.69, 9.17) is 0 Å². The second kappa shape index (κ2) is 12.0. The van der Waals surface area contributed by atoms with Crippen molar-refractivity contribution in [1.29, 1.82) is 0 Å². The third kappa shape index (κ3) is 4.29. The van der Waals surface area contributed by atoms with Gasteiger partial charge in [-0.15, -0.1) is 0 Å². The van der Waals surface area contributed by atoms with Gasteiger partial charge in [0, 0.05) is 54.7 Å². The molecule has 4 heteroatoms. The predicted octanol–water partition coefficient (Wildman–Crippen LogP) is 12.3. The summed E-state index contributed by atoms with van der Waals surface area (Å²) < 4.78 is 7.67. The first kappa shape index (κ1) is 31.6. The highest BCUT2D eigenvalue weighted by Crippen LogP contribution is 2.43. The number of fused-ring (bicyclic) bond motifs is 12. The Morgan fingerprint density at radius 2 is 0.914 bits per heavy atom. The highest BCUT2D eigenvalue weighted by atomic mass is 15.0. The van der Waals surface area contributed by atoms with Crippen LogP contribution in [0.25, 0.3) is 99.0 Å². The Morgan fingerprint density at radius 3 is 1.71 bits per heavy atom. The molecule has 0 fully saturated rings. The van der Waals surface area contributed by atoms with E-state index in [1.165, 1.54) is 104 Å². The number of benzene rings is 9. The molecule has 9 aromatic carbocycles. The van der Waals surface area contributed by atoms with Gasteiger partial charge in [-0.3, -0.25) is 0 Å². The summed E-state index contributed by atoms with van der Waals surface area (Å²) in [4.78, 5) is 0. The van der Waals surface area contributed by atoms with Crippen LogP contribution < -0.4 is 10.9 Å². The number of rotatable bonds is 4. The normalized spacial score (nSPS) is 12.4. The van der Waals surface area contributed by atoms with Crippen molar-refractivity contribution in [1.82, 2.24) is 13.6 Å². The van der Waals surface area contributed by atoms with Crippen molar-refractivity contribution in [3.05, 3.63) is 206 Å². The van der Waals surface area contributed by atoms with Crippen LogP contribution in [0, 0.1) is 0 Å². The van der Waals surface area contributed by atoms with Crippen molar-refractivity contribution >= 4 is 83.2 Å². The Labute approximate surface area is 335 Å². The first-order valence-electron chi connectivity index (χ1n) is 20.1. The summed E-state index contributed by atoms with van der Waals surface area (Å²) in [7, 11) is 0. The van der Waals surface area contributed by atoms with E-state index in [9.17, 15) is 0 Å². The highest BCUT2D eigenvalue weighted by Gasteiger charge is 2.37. The molecule has 1 aliphatic rings. The van der Waals surface area contributed by atoms with E-state index in [0.29, 0.717) is 0 Å². The highest BCUT2D eigenvalue weighted by molar-refractivity contribution is 6.88. The lowest BCUT2D eigenvalue weighted by Crippen LogP contribution is -2.53. The van der Waals surface area contributed by atoms with Gasteiger partial charge in [-0.05, 0) is 87.8 Å². The molecule has 0 unspecified atom stereocenters. The fourth-order valence-electron chi connectivity index (χ4n) is 10.3. The first-order chi connectivity index (χ1) is 28.8. The number of para-hydroxylation sites is 4. The van der Waals surface area contributed by atoms with E-state index in [0.717, 1.165) is 5.69 Å². The van der Waals surface area contributed by atoms with Crippen LogP contribution in [0.3, 0.4) is 0 Å². The first-order valence-corrected chi connectivity index (χ1v) is 20.1. The third-order valence-corrected chi connectivity index (χ3v) is 12.7. The lowest BCUT2D eigenvalue weighted by Gasteiger charge is -2.29. The molecule has 13 rings (SSSR count). The van der Waals surface area contributed by atoms with Crippen molar-refractivity contribution < 1.29 is 0 Å². The molecule has 268 valence electrons. The van der Waals surface area contributed by atoms with Crippen molar-refractivity contribution in [3.63, 3.8) is 0 Å². The van der Waals surface area contributed by atoms with E-state index in [2.05, 4.69) is 220 Å². The predicted molar refractivity (Wildman–Crippen MR) is 246 cm³/mol. The Kier molecular flexibility index (Phi) is 6.53. The van der Waals surface area contributed by atoms with Crippen LogP contribution in [-0.4, -0.2) is 20.5 Å². The van der Waals surface area contributed by atoms with Crippen molar-refractivity contribution in [2.75, 3.05) is 0 Å². The molecule has 0 amide bonds. The second-order valence-electron chi connectivity index (χ2n) is 15.7. The van der Waals surface area contributed by atoms with Gasteiger partial charge in [-0.2, -0.15) is 0 Å². The van der Waals surface area contributed by atoms with Gasteiger partial charge in [0.2, 0.25) is 0 Å². The zero-order chi connectivity index (χ0) is 37.9. The minimum atomic E-state index is -0.111. The fourth-order valence-corrected chi connectivity index (χ4v) is 10.3. The van der Waals surface area contributed by atoms with Crippen molar-refractivity contribution in [2.45, 2.75) is 0 Å². The molecule has 0 spiro atoms. The summed E-state index contributed by atoms with van der Waals surface area (Å²) in [5.41, 5.74) is 17.3. The van der Waals surface area contributed by atoms with Gasteiger partial charge < -0.3 is 13.6 Å². The molecule has 0 bridgehead atoms. The summed E-state index contributed by atoms with van der Waals surface area (Å²) in [6.45, 7) is -0.111. The molecule has 0 atom stereocenters. The minimum Gasteiger partial charge on any atom is -0.375 e. The molecule has 0 saturated heterocycles. The van der Waals surface area contributed by atoms with Crippen LogP contribution in [0.2, 0.25) is 0 Å². The average molecular weight is 736 g/mol. The van der Waals surface area contributed by atoms with Gasteiger partial charge in [0.1, 0.15) is 0 Å². The van der Waals surface area contributed by atoms with Crippen molar-refractivity contribution in [3.8, 4) is 33.6 Å². The van der Waals surface area contributed by atoms with Crippen LogP contribution in [0.15, 0.2) is 206 Å². The maximum Gasteiger partial charge on any atom is 0.332 e. The Balaban J connectivity index is 1.22. The largest absolute Gasteiger partial charge is 0.375 e. The lowest BCUT2D eigenvalue weighted by atomic mass is 9.48. The molecular formula is C54H34BN3. The summed E-state index contributed by atoms with van der Waals surface area (Å²) in [5, 5.41) is 7.61. The summed E-state index contributed by atoms with van der Waals surface area (Å²) in [6.07, 6.45) is 0. The van der Waals surface area contributed by atoms with Crippen LogP contribution >= 0.6 is 0 Å². The molecule has 58 heavy (non-hydrogen) atoms. The monoisotopic (exact) mass is 735 g/mol. The zero-order valence-electron chi connectivity index (χ0n) is 31.5. The molecule has 0 aliphatic carbocycles. The fraction of sp³-hybridized carbons (Fsp3) is 0. The van der Waals surface area contributed by atoms with Crippen LogP contribution in [0.4, 0.5) is 0 Å². The van der Waals surface area contributed by atoms with Gasteiger partial charge in [0.15, 0.2) is 0 Å². The smallest absolute Gasteiger partial charge is 0.332 e. The molecule has 1 aliphatic heterocycles. The van der Waals surface area contributed by atoms with Gasteiger partial charge in [-0.25, -0.2) is 0 Å². The third-order valence-electron chi connectivity index (χ3n) is 12.7. The molecule has 3 aromatic heterocycles. The maximum absolute atomic E-state index is 2.69. The van der Waals surface area contributed by atoms with Crippen LogP contribution in [0.1, 0.15) is 0 Å². The van der Waals surface area contributed by atoms with Crippen LogP contribution in [0.5, 0.6) is 0 Å². The van der Waals surface area contributed by atoms with E-state index in [1.54, 1.807) is 0 Å². The van der Waals surface area contributed by atoms with E-state index >= 15 is 0 Å². The van der Waals surface area contributed by atoms with Gasteiger partial charge >= 0.3 is 6.85 Å². The van der Waals surface area contributed by atoms with E-state index < -0.39 is 0 Å². The number of aromatic nitrogens is 3. The number of hydrogen-bond acceptors (Lipinski definition) is 0. The zero-order valence-corrected chi connectivity index (χ0v) is 31.5. The standard InChI is InChI=1S/C54H34BN3/c1-4-16-35(17-5-1)37-28-30-48-43(32-37)44-33-38(36-18-6-2-7-19-36)34-46-53(44)57(48)50-27-15-12-24-45(50)55(46)58-49-26-14-10-22-40(49)41-29-31-51-52(54(41)58)42-23-11-13-25-47(42)56(51)39-20-8-3-9-21-39/h1-34H. The van der Waals surface area contributed by atoms with Gasteiger partial charge in [0.05, 0.1) is 22.1 Å². The van der Waals surface area contributed by atoms with Crippen LogP contribution in [-0.2, 0) is 0 Å². The molecule has 4 heterocycles. The lowest BCUT2D eigenvalue weighted by molar-refractivity contribution is 1.18. The summed E-state index contributed by atoms with van der Waals surface area (Å²) in [5.74, 6) is 0. The Hall–Kier alpha value is -7.56. The molecule has 12 aromatic rings. The summed E-state index contributed by atoms with van der Waals surface area (Å²) in [6, 6.07) is 76.2. The molecule has 3 nitrogen and oxygen atoms in total. The molecule has 0 saturated carbocycles. The number of hydrogen-bond donors (Lipinski definition) is 0. The topological polar surface area (TPSA) is 14.8 Å². The molecule has 0 radical (unpaired) electrons. The summed E-state index contributed by atoms with van der Waals surface area (Å²) >= 11 is 0. The van der Waals surface area contributed by atoms with E-state index in [1.807, 2.05) is 0 Å². The quantitative estimate of drug-likeness (QED) is 0.160. The second-order valence-corrected chi connectivity index (χ2v) is 15.7. The Morgan fingerprint density at radius 1 is 0.310 bits per heavy atom. The number of nitrogens with zero attached hydrogens (tertiary/aromatic N) is 3. The molecule has 0 N–H and O–H groups in total.